The van der Waals surface area contributed by atoms with E-state index in [1.807, 2.05) is 6.07 Å². The Morgan fingerprint density at radius 1 is 1.11 bits per heavy atom. The highest BCUT2D eigenvalue weighted by molar-refractivity contribution is 7.88. The van der Waals surface area contributed by atoms with Crippen molar-refractivity contribution in [3.05, 3.63) is 71.6 Å². The van der Waals surface area contributed by atoms with Gasteiger partial charge < -0.3 is 4.90 Å². The van der Waals surface area contributed by atoms with Crippen LogP contribution in [0.15, 0.2) is 54.6 Å². The molecule has 3 aromatic heterocycles. The minimum Gasteiger partial charge on any atom is -0.304 e. The number of piperidine rings is 1. The Labute approximate surface area is 211 Å². The molecule has 0 aliphatic carbocycles. The molecule has 1 saturated heterocycles. The molecular weight excluding hydrogens is 501 g/mol. The minimum atomic E-state index is -3.33. The van der Waals surface area contributed by atoms with Crippen LogP contribution in [0.5, 0.6) is 0 Å². The molecule has 0 saturated carbocycles. The summed E-state index contributed by atoms with van der Waals surface area (Å²) in [5.74, 6) is -0.417. The number of rotatable bonds is 4. The highest BCUT2D eigenvalue weighted by Crippen LogP contribution is 2.48. The number of benzene rings is 1. The third-order valence-corrected chi connectivity index (χ3v) is 9.32. The van der Waals surface area contributed by atoms with Gasteiger partial charge in [0.05, 0.1) is 46.2 Å². The lowest BCUT2D eigenvalue weighted by Gasteiger charge is -2.37. The van der Waals surface area contributed by atoms with Crippen molar-refractivity contribution in [2.45, 2.75) is 24.8 Å². The lowest BCUT2D eigenvalue weighted by Crippen LogP contribution is -2.49. The Bertz CT molecular complexity index is 1600. The summed E-state index contributed by atoms with van der Waals surface area (Å²) < 4.78 is 39.5. The Morgan fingerprint density at radius 2 is 1.92 bits per heavy atom. The summed E-state index contributed by atoms with van der Waals surface area (Å²) in [6, 6.07) is 6.46. The topological polar surface area (TPSA) is 96.4 Å². The van der Waals surface area contributed by atoms with Crippen molar-refractivity contribution < 1.29 is 17.6 Å². The number of hydrogen-bond acceptors (Lipinski definition) is 7. The molecule has 4 aromatic rings. The van der Waals surface area contributed by atoms with Gasteiger partial charge >= 0.3 is 0 Å². The molecule has 5 heterocycles. The highest BCUT2D eigenvalue weighted by atomic mass is 32.2. The van der Waals surface area contributed by atoms with E-state index in [9.17, 15) is 17.6 Å². The van der Waals surface area contributed by atoms with E-state index in [0.717, 1.165) is 21.4 Å². The summed E-state index contributed by atoms with van der Waals surface area (Å²) in [5, 5.41) is 1.50. The van der Waals surface area contributed by atoms with Crippen LogP contribution < -0.4 is 4.90 Å². The maximum atomic E-state index is 14.0. The van der Waals surface area contributed by atoms with Gasteiger partial charge in [0.15, 0.2) is 0 Å². The minimum absolute atomic E-state index is 0.0742. The van der Waals surface area contributed by atoms with E-state index < -0.39 is 15.4 Å². The van der Waals surface area contributed by atoms with E-state index in [0.29, 0.717) is 29.6 Å². The Hall–Kier alpha value is -3.28. The fourth-order valence-corrected chi connectivity index (χ4v) is 7.00. The lowest BCUT2D eigenvalue weighted by atomic mass is 9.74. The first kappa shape index (κ1) is 23.1. The molecule has 11 heteroatoms. The first-order valence-electron chi connectivity index (χ1n) is 11.5. The summed E-state index contributed by atoms with van der Waals surface area (Å²) in [6.45, 7) is 0.772. The van der Waals surface area contributed by atoms with E-state index in [2.05, 4.69) is 15.0 Å². The molecule has 8 nitrogen and oxygen atoms in total. The number of hydrogen-bond donors (Lipinski definition) is 0. The average Bonchev–Trinajstić information content (AvgIpc) is 3.47. The van der Waals surface area contributed by atoms with Gasteiger partial charge in [0.25, 0.3) is 0 Å². The van der Waals surface area contributed by atoms with E-state index in [1.165, 1.54) is 34.0 Å². The number of anilines is 1. The number of carbonyl (C=O) groups is 1. The van der Waals surface area contributed by atoms with Gasteiger partial charge in [0.2, 0.25) is 15.9 Å². The molecule has 1 aromatic carbocycles. The van der Waals surface area contributed by atoms with Crippen LogP contribution in [0.25, 0.3) is 21.2 Å². The van der Waals surface area contributed by atoms with Crippen LogP contribution in [0.2, 0.25) is 0 Å². The molecule has 6 rings (SSSR count). The van der Waals surface area contributed by atoms with E-state index in [4.69, 9.17) is 0 Å². The van der Waals surface area contributed by atoms with Crippen LogP contribution in [-0.2, 0) is 26.8 Å². The second-order valence-electron chi connectivity index (χ2n) is 9.21. The number of nitrogens with zero attached hydrogens (tertiary/aromatic N) is 5. The zero-order chi connectivity index (χ0) is 25.1. The number of thiazole rings is 1. The van der Waals surface area contributed by atoms with Gasteiger partial charge in [-0.2, -0.15) is 0 Å². The summed E-state index contributed by atoms with van der Waals surface area (Å²) >= 11 is 1.45. The second-order valence-corrected chi connectivity index (χ2v) is 12.1. The zero-order valence-electron chi connectivity index (χ0n) is 19.4. The van der Waals surface area contributed by atoms with Gasteiger partial charge in [0.1, 0.15) is 5.82 Å². The molecule has 2 aliphatic heterocycles. The van der Waals surface area contributed by atoms with Gasteiger partial charge in [-0.3, -0.25) is 19.7 Å². The largest absolute Gasteiger partial charge is 0.304 e. The number of halogens is 1. The third kappa shape index (κ3) is 3.61. The molecule has 0 unspecified atom stereocenters. The Balaban J connectivity index is 1.43. The summed E-state index contributed by atoms with van der Waals surface area (Å²) in [4.78, 5) is 29.8. The molecule has 2 aliphatic rings. The van der Waals surface area contributed by atoms with Crippen molar-refractivity contribution in [2.24, 2.45) is 0 Å². The monoisotopic (exact) mass is 523 g/mol. The predicted octanol–water partition coefficient (Wildman–Crippen LogP) is 3.73. The predicted molar refractivity (Wildman–Crippen MR) is 136 cm³/mol. The molecule has 0 bridgehead atoms. The maximum absolute atomic E-state index is 14.0. The van der Waals surface area contributed by atoms with Crippen LogP contribution in [0.4, 0.5) is 10.1 Å². The summed E-state index contributed by atoms with van der Waals surface area (Å²) in [6.07, 6.45) is 8.74. The number of fused-ring (bicyclic) bond motifs is 3. The normalized spacial score (nSPS) is 17.7. The van der Waals surface area contributed by atoms with E-state index in [-0.39, 0.29) is 31.4 Å². The third-order valence-electron chi connectivity index (χ3n) is 7.22. The number of carbonyl (C=O) groups excluding carboxylic acids is 1. The zero-order valence-corrected chi connectivity index (χ0v) is 21.0. The average molecular weight is 524 g/mol. The molecule has 36 heavy (non-hydrogen) atoms. The van der Waals surface area contributed by atoms with Gasteiger partial charge in [-0.25, -0.2) is 17.1 Å². The number of sulfonamides is 1. The Kier molecular flexibility index (Phi) is 5.39. The van der Waals surface area contributed by atoms with Crippen molar-refractivity contribution in [3.63, 3.8) is 0 Å². The highest BCUT2D eigenvalue weighted by Gasteiger charge is 2.53. The molecule has 1 fully saturated rings. The van der Waals surface area contributed by atoms with Gasteiger partial charge in [-0.1, -0.05) is 6.07 Å². The van der Waals surface area contributed by atoms with Crippen LogP contribution >= 0.6 is 11.3 Å². The quantitative estimate of drug-likeness (QED) is 0.405. The molecule has 0 N–H and O–H groups in total. The summed E-state index contributed by atoms with van der Waals surface area (Å²) in [5.41, 5.74) is 4.01. The molecule has 184 valence electrons. The molecule has 1 spiro atoms. The van der Waals surface area contributed by atoms with Crippen molar-refractivity contribution in [2.75, 3.05) is 24.2 Å². The fourth-order valence-electron chi connectivity index (χ4n) is 5.45. The van der Waals surface area contributed by atoms with Crippen LogP contribution in [-0.4, -0.2) is 52.9 Å². The first-order valence-corrected chi connectivity index (χ1v) is 14.2. The Morgan fingerprint density at radius 3 is 2.64 bits per heavy atom. The van der Waals surface area contributed by atoms with Crippen molar-refractivity contribution in [3.8, 4) is 10.4 Å². The first-order chi connectivity index (χ1) is 17.3. The van der Waals surface area contributed by atoms with Crippen LogP contribution in [0.1, 0.15) is 24.1 Å². The second kappa shape index (κ2) is 8.39. The SMILES string of the molecule is CS(=O)(=O)N1CCC2(CC1)C(=O)N(Cc1ncc3cc(F)ccc3c1-c1cncs1)c1cnccc12. The summed E-state index contributed by atoms with van der Waals surface area (Å²) in [7, 11) is -3.33. The van der Waals surface area contributed by atoms with Crippen molar-refractivity contribution in [1.29, 1.82) is 0 Å². The molecule has 0 atom stereocenters. The maximum Gasteiger partial charge on any atom is 0.238 e. The lowest BCUT2D eigenvalue weighted by molar-refractivity contribution is -0.124. The fraction of sp³-hybridized carbons (Fsp3) is 0.280. The van der Waals surface area contributed by atoms with Crippen molar-refractivity contribution in [1.82, 2.24) is 19.3 Å². The van der Waals surface area contributed by atoms with Gasteiger partial charge in [0, 0.05) is 42.6 Å². The van der Waals surface area contributed by atoms with Crippen LogP contribution in [0.3, 0.4) is 0 Å². The van der Waals surface area contributed by atoms with E-state index in [1.54, 1.807) is 41.3 Å². The standard InChI is InChI=1S/C25H22FN5O3S2/c1-36(33,34)30-8-5-25(6-9-30)19-4-7-27-12-21(19)31(24(25)32)14-20-23(22-13-28-15-35-22)18-3-2-17(26)10-16(18)11-29-20/h2-4,7,10-13,15H,5-6,8-9,14H2,1H3. The van der Waals surface area contributed by atoms with E-state index >= 15 is 0 Å². The number of amides is 1. The molecule has 1 amide bonds. The number of pyridine rings is 2. The molecular formula is C25H22FN5O3S2. The van der Waals surface area contributed by atoms with Gasteiger partial charge in [-0.15, -0.1) is 11.3 Å². The number of aromatic nitrogens is 3. The molecule has 0 radical (unpaired) electrons. The van der Waals surface area contributed by atoms with Crippen LogP contribution in [0, 0.1) is 5.82 Å². The van der Waals surface area contributed by atoms with Gasteiger partial charge in [-0.05, 0) is 42.0 Å². The van der Waals surface area contributed by atoms with Crippen molar-refractivity contribution >= 4 is 43.7 Å². The smallest absolute Gasteiger partial charge is 0.238 e.